The third-order valence-electron chi connectivity index (χ3n) is 7.28. The van der Waals surface area contributed by atoms with E-state index >= 15 is 0 Å². The number of methoxy groups -OCH3 is 1. The molecule has 8 heteroatoms. The number of benzene rings is 4. The molecular formula is C33H33FN4O3. The number of hydrogen-bond acceptors (Lipinski definition) is 5. The van der Waals surface area contributed by atoms with Crippen molar-refractivity contribution in [1.29, 1.82) is 0 Å². The van der Waals surface area contributed by atoms with E-state index < -0.39 is 11.7 Å². The van der Waals surface area contributed by atoms with Crippen LogP contribution in [0.15, 0.2) is 97.1 Å². The highest BCUT2D eigenvalue weighted by atomic mass is 19.1. The van der Waals surface area contributed by atoms with Gasteiger partial charge in [-0.05, 0) is 61.0 Å². The van der Waals surface area contributed by atoms with Crippen LogP contribution in [0.5, 0.6) is 5.75 Å². The quantitative estimate of drug-likeness (QED) is 0.285. The first-order chi connectivity index (χ1) is 19.9. The van der Waals surface area contributed by atoms with Crippen molar-refractivity contribution in [3.63, 3.8) is 0 Å². The van der Waals surface area contributed by atoms with E-state index in [-0.39, 0.29) is 17.5 Å². The van der Waals surface area contributed by atoms with Crippen LogP contribution < -0.4 is 25.2 Å². The summed E-state index contributed by atoms with van der Waals surface area (Å²) in [7, 11) is 1.67. The first-order valence-corrected chi connectivity index (χ1v) is 13.6. The predicted octanol–water partition coefficient (Wildman–Crippen LogP) is 5.90. The normalized spacial score (nSPS) is 13.8. The van der Waals surface area contributed by atoms with Gasteiger partial charge in [0.05, 0.1) is 24.4 Å². The second-order valence-corrected chi connectivity index (χ2v) is 9.95. The summed E-state index contributed by atoms with van der Waals surface area (Å²) in [5.41, 5.74) is 3.92. The summed E-state index contributed by atoms with van der Waals surface area (Å²) in [5.74, 6) is -0.360. The Labute approximate surface area is 239 Å². The minimum absolute atomic E-state index is 0.199. The number of nitrogens with one attached hydrogen (secondary N) is 2. The molecule has 1 fully saturated rings. The van der Waals surface area contributed by atoms with Gasteiger partial charge in [0.25, 0.3) is 11.8 Å². The molecule has 1 unspecified atom stereocenters. The first-order valence-electron chi connectivity index (χ1n) is 13.6. The standard InChI is InChI=1S/C33H33FN4O3/c1-23(24-9-4-3-5-10-24)35-33(40)28-22-27(36-32(39)25-11-8-12-26(34)21-25)15-16-29(28)37-17-19-38(20-18-37)30-13-6-7-14-31(30)41-2/h3-16,21-23H,17-20H2,1-2H3,(H,35,40)(H,36,39). The molecule has 7 nitrogen and oxygen atoms in total. The Balaban J connectivity index is 1.39. The van der Waals surface area contributed by atoms with E-state index in [2.05, 4.69) is 26.5 Å². The molecule has 0 spiro atoms. The Kier molecular flexibility index (Phi) is 8.48. The third kappa shape index (κ3) is 6.49. The van der Waals surface area contributed by atoms with Gasteiger partial charge in [-0.25, -0.2) is 4.39 Å². The third-order valence-corrected chi connectivity index (χ3v) is 7.28. The zero-order chi connectivity index (χ0) is 28.8. The average molecular weight is 553 g/mol. The van der Waals surface area contributed by atoms with Crippen LogP contribution in [0.1, 0.15) is 39.2 Å². The highest BCUT2D eigenvalue weighted by Gasteiger charge is 2.24. The molecule has 41 heavy (non-hydrogen) atoms. The van der Waals surface area contributed by atoms with Crippen molar-refractivity contribution >= 4 is 28.9 Å². The lowest BCUT2D eigenvalue weighted by Crippen LogP contribution is -2.47. The Morgan fingerprint density at radius 3 is 2.17 bits per heavy atom. The summed E-state index contributed by atoms with van der Waals surface area (Å²) in [6.07, 6.45) is 0. The number of hydrogen-bond donors (Lipinski definition) is 2. The maximum absolute atomic E-state index is 13.7. The van der Waals surface area contributed by atoms with Crippen molar-refractivity contribution in [2.24, 2.45) is 0 Å². The number of piperazine rings is 1. The van der Waals surface area contributed by atoms with Crippen LogP contribution in [-0.2, 0) is 0 Å². The monoisotopic (exact) mass is 552 g/mol. The molecule has 1 atom stereocenters. The summed E-state index contributed by atoms with van der Waals surface area (Å²) < 4.78 is 19.2. The summed E-state index contributed by atoms with van der Waals surface area (Å²) in [6.45, 7) is 4.83. The molecule has 4 aromatic carbocycles. The van der Waals surface area contributed by atoms with E-state index in [1.54, 1.807) is 25.3 Å². The number of carbonyl (C=O) groups is 2. The summed E-state index contributed by atoms with van der Waals surface area (Å²) in [5, 5.41) is 5.92. The molecule has 1 heterocycles. The smallest absolute Gasteiger partial charge is 0.255 e. The molecule has 1 saturated heterocycles. The maximum atomic E-state index is 13.7. The molecule has 1 aliphatic heterocycles. The number of amides is 2. The van der Waals surface area contributed by atoms with Crippen molar-refractivity contribution in [2.45, 2.75) is 13.0 Å². The Morgan fingerprint density at radius 2 is 1.46 bits per heavy atom. The zero-order valence-electron chi connectivity index (χ0n) is 23.1. The number of rotatable bonds is 8. The number of halogens is 1. The molecule has 0 aromatic heterocycles. The van der Waals surface area contributed by atoms with Gasteiger partial charge in [0.15, 0.2) is 0 Å². The van der Waals surface area contributed by atoms with Crippen LogP contribution in [-0.4, -0.2) is 45.1 Å². The van der Waals surface area contributed by atoms with Gasteiger partial charge in [-0.3, -0.25) is 9.59 Å². The van der Waals surface area contributed by atoms with Crippen LogP contribution in [0.25, 0.3) is 0 Å². The second kappa shape index (κ2) is 12.6. The zero-order valence-corrected chi connectivity index (χ0v) is 23.1. The van der Waals surface area contributed by atoms with Crippen LogP contribution >= 0.6 is 0 Å². The molecule has 0 radical (unpaired) electrons. The molecule has 0 saturated carbocycles. The van der Waals surface area contributed by atoms with Gasteiger partial charge in [-0.15, -0.1) is 0 Å². The fraction of sp³-hybridized carbons (Fsp3) is 0.212. The Hall–Kier alpha value is -4.85. The van der Waals surface area contributed by atoms with Gasteiger partial charge in [0.1, 0.15) is 11.6 Å². The molecule has 5 rings (SSSR count). The van der Waals surface area contributed by atoms with E-state index in [0.29, 0.717) is 24.3 Å². The lowest BCUT2D eigenvalue weighted by Gasteiger charge is -2.38. The molecule has 0 bridgehead atoms. The molecular weight excluding hydrogens is 519 g/mol. The number of nitrogens with zero attached hydrogens (tertiary/aromatic N) is 2. The summed E-state index contributed by atoms with van der Waals surface area (Å²) >= 11 is 0. The molecule has 1 aliphatic rings. The molecule has 4 aromatic rings. The van der Waals surface area contributed by atoms with Crippen LogP contribution in [0.4, 0.5) is 21.5 Å². The highest BCUT2D eigenvalue weighted by Crippen LogP contribution is 2.31. The highest BCUT2D eigenvalue weighted by molar-refractivity contribution is 6.06. The molecule has 210 valence electrons. The van der Waals surface area contributed by atoms with Crippen LogP contribution in [0, 0.1) is 5.82 Å². The maximum Gasteiger partial charge on any atom is 0.255 e. The molecule has 2 amide bonds. The van der Waals surface area contributed by atoms with Crippen LogP contribution in [0.2, 0.25) is 0 Å². The first kappa shape index (κ1) is 27.7. The van der Waals surface area contributed by atoms with E-state index in [1.165, 1.54) is 18.2 Å². The minimum atomic E-state index is -0.491. The van der Waals surface area contributed by atoms with Gasteiger partial charge in [-0.2, -0.15) is 0 Å². The summed E-state index contributed by atoms with van der Waals surface area (Å²) in [4.78, 5) is 31.0. The minimum Gasteiger partial charge on any atom is -0.495 e. The lowest BCUT2D eigenvalue weighted by atomic mass is 10.1. The number of ether oxygens (including phenoxy) is 1. The predicted molar refractivity (Wildman–Crippen MR) is 161 cm³/mol. The largest absolute Gasteiger partial charge is 0.495 e. The van der Waals surface area contributed by atoms with E-state index in [1.807, 2.05) is 61.5 Å². The van der Waals surface area contributed by atoms with Gasteiger partial charge in [-0.1, -0.05) is 48.5 Å². The van der Waals surface area contributed by atoms with E-state index in [4.69, 9.17) is 4.74 Å². The molecule has 2 N–H and O–H groups in total. The Bertz CT molecular complexity index is 1520. The number of anilines is 3. The fourth-order valence-electron chi connectivity index (χ4n) is 5.08. The van der Waals surface area contributed by atoms with Gasteiger partial charge < -0.3 is 25.2 Å². The van der Waals surface area contributed by atoms with Gasteiger partial charge >= 0.3 is 0 Å². The van der Waals surface area contributed by atoms with Crippen LogP contribution in [0.3, 0.4) is 0 Å². The molecule has 0 aliphatic carbocycles. The number of carbonyl (C=O) groups excluding carboxylic acids is 2. The van der Waals surface area contributed by atoms with Crippen molar-refractivity contribution in [2.75, 3.05) is 48.4 Å². The van der Waals surface area contributed by atoms with Gasteiger partial charge in [0.2, 0.25) is 0 Å². The number of para-hydroxylation sites is 2. The van der Waals surface area contributed by atoms with Crippen molar-refractivity contribution < 1.29 is 18.7 Å². The van der Waals surface area contributed by atoms with E-state index in [9.17, 15) is 14.0 Å². The Morgan fingerprint density at radius 1 is 0.780 bits per heavy atom. The van der Waals surface area contributed by atoms with Crippen molar-refractivity contribution in [3.05, 3.63) is 120 Å². The second-order valence-electron chi connectivity index (χ2n) is 9.95. The van der Waals surface area contributed by atoms with Crippen molar-refractivity contribution in [3.8, 4) is 5.75 Å². The fourth-order valence-corrected chi connectivity index (χ4v) is 5.08. The van der Waals surface area contributed by atoms with E-state index in [0.717, 1.165) is 35.8 Å². The summed E-state index contributed by atoms with van der Waals surface area (Å²) in [6, 6.07) is 28.3. The average Bonchev–Trinajstić information content (AvgIpc) is 3.01. The van der Waals surface area contributed by atoms with Gasteiger partial charge in [0, 0.05) is 43.1 Å². The lowest BCUT2D eigenvalue weighted by molar-refractivity contribution is 0.0939. The SMILES string of the molecule is COc1ccccc1N1CCN(c2ccc(NC(=O)c3cccc(F)c3)cc2C(=O)NC(C)c2ccccc2)CC1. The van der Waals surface area contributed by atoms with Crippen molar-refractivity contribution in [1.82, 2.24) is 5.32 Å². The topological polar surface area (TPSA) is 73.9 Å².